The first-order chi connectivity index (χ1) is 26.5. The van der Waals surface area contributed by atoms with Gasteiger partial charge >= 0.3 is 5.97 Å². The summed E-state index contributed by atoms with van der Waals surface area (Å²) in [6.45, 7) is 16.5. The van der Waals surface area contributed by atoms with Gasteiger partial charge in [0.2, 0.25) is 5.91 Å². The van der Waals surface area contributed by atoms with Gasteiger partial charge < -0.3 is 34.1 Å². The van der Waals surface area contributed by atoms with Gasteiger partial charge in [-0.25, -0.2) is 14.2 Å². The molecule has 3 rings (SSSR count). The van der Waals surface area contributed by atoms with Gasteiger partial charge in [-0.1, -0.05) is 83.2 Å². The molecule has 2 heterocycles. The van der Waals surface area contributed by atoms with Crippen molar-refractivity contribution in [3.63, 3.8) is 0 Å². The second-order valence-corrected chi connectivity index (χ2v) is 17.4. The number of aliphatic imine (C=N–C) groups is 1. The van der Waals surface area contributed by atoms with Gasteiger partial charge in [-0.15, -0.1) is 0 Å². The van der Waals surface area contributed by atoms with E-state index < -0.39 is 64.9 Å². The van der Waals surface area contributed by atoms with Crippen LogP contribution in [-0.4, -0.2) is 113 Å². The lowest BCUT2D eigenvalue weighted by molar-refractivity contribution is -0.254. The highest BCUT2D eigenvalue weighted by Crippen LogP contribution is 2.39. The van der Waals surface area contributed by atoms with Crippen LogP contribution < -0.4 is 0 Å². The molecule has 11 nitrogen and oxygen atoms in total. The average molecular weight is 801 g/mol. The van der Waals surface area contributed by atoms with Crippen molar-refractivity contribution in [2.75, 3.05) is 27.3 Å². The number of nitrogens with zero attached hydrogens (tertiary/aromatic N) is 2. The maximum Gasteiger partial charge on any atom is 0.351 e. The molecule has 1 amide bonds. The number of aliphatic hydroxyl groups excluding tert-OH is 1. The lowest BCUT2D eigenvalue weighted by Crippen LogP contribution is -2.56. The molecular weight excluding hydrogens is 731 g/mol. The molecule has 11 atom stereocenters. The fourth-order valence-corrected chi connectivity index (χ4v) is 8.43. The zero-order valence-electron chi connectivity index (χ0n) is 36.3. The van der Waals surface area contributed by atoms with Crippen LogP contribution in [0.3, 0.4) is 0 Å². The summed E-state index contributed by atoms with van der Waals surface area (Å²) in [4.78, 5) is 46.3. The molecule has 0 aromatic heterocycles. The second-order valence-electron chi connectivity index (χ2n) is 17.4. The SMILES string of the molecule is CC[C@H]1OC(=O)[C@@](C)(F)C(=O)[C@H](C)C[C@](C)(CO[C@H]2[C@H](O)O[C@H](C)C[C@@H]2N(C)C)OC/C(=C/C=C/c2ccccc2)CC[C@H]([C@@H](C)C(=NC(C)=O)C(C)C)[C@]1(C)O. The number of hydrogen-bond acceptors (Lipinski definition) is 10. The van der Waals surface area contributed by atoms with Gasteiger partial charge in [0.05, 0.1) is 24.9 Å². The van der Waals surface area contributed by atoms with Crippen molar-refractivity contribution in [2.24, 2.45) is 28.7 Å². The van der Waals surface area contributed by atoms with Crippen molar-refractivity contribution in [2.45, 2.75) is 149 Å². The van der Waals surface area contributed by atoms with Crippen molar-refractivity contribution in [1.82, 2.24) is 4.90 Å². The first kappa shape index (κ1) is 48.2. The molecule has 2 aliphatic heterocycles. The molecule has 0 spiro atoms. The van der Waals surface area contributed by atoms with Crippen LogP contribution in [-0.2, 0) is 33.3 Å². The second kappa shape index (κ2) is 20.7. The lowest BCUT2D eigenvalue weighted by atomic mass is 9.70. The lowest BCUT2D eigenvalue weighted by Gasteiger charge is -2.43. The maximum atomic E-state index is 16.5. The molecule has 0 radical (unpaired) electrons. The fraction of sp³-hybridized carbons (Fsp3) is 0.689. The van der Waals surface area contributed by atoms with Crippen LogP contribution in [0, 0.1) is 23.7 Å². The Hall–Kier alpha value is -3.13. The van der Waals surface area contributed by atoms with Gasteiger partial charge in [0, 0.05) is 30.5 Å². The predicted molar refractivity (Wildman–Crippen MR) is 220 cm³/mol. The fourth-order valence-electron chi connectivity index (χ4n) is 8.43. The van der Waals surface area contributed by atoms with Crippen LogP contribution in [0.25, 0.3) is 6.08 Å². The molecule has 57 heavy (non-hydrogen) atoms. The van der Waals surface area contributed by atoms with E-state index >= 15 is 4.39 Å². The number of cyclic esters (lactones) is 1. The van der Waals surface area contributed by atoms with E-state index in [0.29, 0.717) is 25.0 Å². The highest BCUT2D eigenvalue weighted by atomic mass is 19.1. The summed E-state index contributed by atoms with van der Waals surface area (Å²) >= 11 is 0. The monoisotopic (exact) mass is 800 g/mol. The normalized spacial score (nSPS) is 35.6. The topological polar surface area (TPSA) is 144 Å². The number of ether oxygens (including phenoxy) is 4. The van der Waals surface area contributed by atoms with Gasteiger partial charge in [0.15, 0.2) is 12.1 Å². The van der Waals surface area contributed by atoms with E-state index in [4.69, 9.17) is 18.9 Å². The van der Waals surface area contributed by atoms with Crippen molar-refractivity contribution >= 4 is 29.4 Å². The minimum atomic E-state index is -3.04. The number of ketones is 1. The van der Waals surface area contributed by atoms with E-state index in [9.17, 15) is 24.6 Å². The zero-order chi connectivity index (χ0) is 42.9. The Labute approximate surface area is 340 Å². The largest absolute Gasteiger partial charge is 0.457 e. The van der Waals surface area contributed by atoms with E-state index in [1.54, 1.807) is 27.7 Å². The number of likely N-dealkylation sites (N-methyl/N-ethyl adjacent to an activating group) is 1. The third-order valence-corrected chi connectivity index (χ3v) is 11.7. The van der Waals surface area contributed by atoms with Gasteiger partial charge in [0.1, 0.15) is 17.8 Å². The Balaban J connectivity index is 2.17. The molecule has 320 valence electrons. The molecule has 1 aromatic rings. The Bertz CT molecular complexity index is 1590. The number of amides is 1. The molecule has 12 heteroatoms. The van der Waals surface area contributed by atoms with Gasteiger partial charge in [-0.3, -0.25) is 9.59 Å². The number of alkyl halides is 1. The summed E-state index contributed by atoms with van der Waals surface area (Å²) in [5, 5.41) is 23.4. The van der Waals surface area contributed by atoms with Crippen LogP contribution in [0.15, 0.2) is 53.0 Å². The average Bonchev–Trinajstić information content (AvgIpc) is 3.13. The van der Waals surface area contributed by atoms with E-state index in [0.717, 1.165) is 18.1 Å². The van der Waals surface area contributed by atoms with E-state index in [2.05, 4.69) is 4.99 Å². The molecule has 0 unspecified atom stereocenters. The summed E-state index contributed by atoms with van der Waals surface area (Å²) in [5.74, 6) is -5.04. The van der Waals surface area contributed by atoms with Gasteiger partial charge in [-0.05, 0) is 96.9 Å². The van der Waals surface area contributed by atoms with E-state index in [1.807, 2.05) is 95.3 Å². The summed E-state index contributed by atoms with van der Waals surface area (Å²) in [6.07, 6.45) is 4.01. The molecule has 2 N–H and O–H groups in total. The summed E-state index contributed by atoms with van der Waals surface area (Å²) < 4.78 is 41.2. The predicted octanol–water partition coefficient (Wildman–Crippen LogP) is 6.93. The summed E-state index contributed by atoms with van der Waals surface area (Å²) in [7, 11) is 3.81. The van der Waals surface area contributed by atoms with Gasteiger partial charge in [-0.2, -0.15) is 0 Å². The molecular formula is C45H69FN2O9. The minimum absolute atomic E-state index is 0.0215. The van der Waals surface area contributed by atoms with Crippen LogP contribution in [0.2, 0.25) is 0 Å². The summed E-state index contributed by atoms with van der Waals surface area (Å²) in [6, 6.07) is 9.64. The van der Waals surface area contributed by atoms with Crippen LogP contribution >= 0.6 is 0 Å². The molecule has 0 bridgehead atoms. The number of benzene rings is 1. The number of esters is 1. The van der Waals surface area contributed by atoms with Crippen LogP contribution in [0.5, 0.6) is 0 Å². The first-order valence-corrected chi connectivity index (χ1v) is 20.5. The minimum Gasteiger partial charge on any atom is -0.457 e. The van der Waals surface area contributed by atoms with Crippen LogP contribution in [0.1, 0.15) is 107 Å². The Morgan fingerprint density at radius 1 is 1.12 bits per heavy atom. The standard InChI is InChI=1S/C45H69FN2O9/c1-13-37-45(10,53)35(31(6)38(28(2)3)47-32(7)49)23-22-34(21-17-20-33-18-15-14-16-19-33)26-55-43(8,25-29(4)40(50)44(9,46)42(52)57-37)27-54-39-36(48(11)12)24-30(5)56-41(39)51/h14-21,28-31,35-37,39,41,51,53H,13,22-27H2,1-12H3/b20-17+,34-21+,47-38?/t29-,30-,31-,35-,36+,37-,39-,41-,43-,44+,45+/m1/s1. The molecule has 0 aliphatic carbocycles. The number of halogens is 1. The van der Waals surface area contributed by atoms with E-state index in [-0.39, 0.29) is 50.0 Å². The third kappa shape index (κ3) is 12.9. The molecule has 2 fully saturated rings. The quantitative estimate of drug-likeness (QED) is 0.145. The van der Waals surface area contributed by atoms with E-state index in [1.165, 1.54) is 6.92 Å². The molecule has 2 saturated heterocycles. The maximum absolute atomic E-state index is 16.5. The van der Waals surface area contributed by atoms with Crippen LogP contribution in [0.4, 0.5) is 4.39 Å². The van der Waals surface area contributed by atoms with Crippen molar-refractivity contribution < 1.29 is 47.9 Å². The van der Waals surface area contributed by atoms with Crippen molar-refractivity contribution in [3.8, 4) is 0 Å². The number of aliphatic hydroxyl groups is 2. The molecule has 1 aromatic carbocycles. The van der Waals surface area contributed by atoms with Crippen molar-refractivity contribution in [3.05, 3.63) is 53.6 Å². The number of allylic oxidation sites excluding steroid dienone is 2. The molecule has 0 saturated carbocycles. The Morgan fingerprint density at radius 3 is 2.35 bits per heavy atom. The van der Waals surface area contributed by atoms with Gasteiger partial charge in [0.25, 0.3) is 5.67 Å². The highest BCUT2D eigenvalue weighted by molar-refractivity contribution is 6.07. The zero-order valence-corrected chi connectivity index (χ0v) is 36.3. The number of Topliss-reactive ketones (excluding diaryl/α,β-unsaturated/α-hetero) is 1. The highest BCUT2D eigenvalue weighted by Gasteiger charge is 2.51. The number of hydrogen-bond donors (Lipinski definition) is 2. The third-order valence-electron chi connectivity index (χ3n) is 11.7. The molecule has 2 aliphatic rings. The number of rotatable bonds is 10. The number of carbonyl (C=O) groups excluding carboxylic acids is 3. The Kier molecular flexibility index (Phi) is 17.5. The Morgan fingerprint density at radius 2 is 1.77 bits per heavy atom. The summed E-state index contributed by atoms with van der Waals surface area (Å²) in [5.41, 5.74) is -3.56. The number of carbonyl (C=O) groups is 3. The smallest absolute Gasteiger partial charge is 0.351 e. The van der Waals surface area contributed by atoms with Crippen molar-refractivity contribution in [1.29, 1.82) is 0 Å². The first-order valence-electron chi connectivity index (χ1n) is 20.5.